The molecule has 2 N–H and O–H groups in total. The second-order valence-electron chi connectivity index (χ2n) is 3.76. The number of nitrogens with one attached hydrogen (secondary N) is 1. The van der Waals surface area contributed by atoms with Gasteiger partial charge in [0.1, 0.15) is 0 Å². The molecule has 3 atom stereocenters. The van der Waals surface area contributed by atoms with Crippen molar-refractivity contribution in [3.05, 3.63) is 18.0 Å². The summed E-state index contributed by atoms with van der Waals surface area (Å²) in [5, 5.41) is 16.2. The number of nitrogens with zero attached hydrogens (tertiary/aromatic N) is 1. The van der Waals surface area contributed by atoms with Crippen LogP contribution in [0.2, 0.25) is 0 Å². The number of H-pyrrole nitrogens is 1. The van der Waals surface area contributed by atoms with E-state index in [-0.39, 0.29) is 6.10 Å². The normalized spacial score (nSPS) is 30.2. The van der Waals surface area contributed by atoms with Crippen LogP contribution < -0.4 is 0 Å². The van der Waals surface area contributed by atoms with Crippen molar-refractivity contribution in [1.29, 1.82) is 0 Å². The van der Waals surface area contributed by atoms with Crippen LogP contribution in [0.3, 0.4) is 0 Å². The standard InChI is InChI=1S/C9H14N2O/c1-6-2-7(6)3-9(12)8-4-10-11-5-8/h4-7,9,12H,2-3H2,1H3,(H,10,11). The first-order valence-electron chi connectivity index (χ1n) is 4.44. The molecule has 0 amide bonds. The van der Waals surface area contributed by atoms with Gasteiger partial charge in [0.15, 0.2) is 0 Å². The SMILES string of the molecule is CC1CC1CC(O)c1cn[nH]c1. The third-order valence-corrected chi connectivity index (χ3v) is 2.71. The Bertz CT molecular complexity index is 245. The van der Waals surface area contributed by atoms with Crippen molar-refractivity contribution in [2.75, 3.05) is 0 Å². The van der Waals surface area contributed by atoms with Gasteiger partial charge < -0.3 is 5.11 Å². The summed E-state index contributed by atoms with van der Waals surface area (Å²) in [4.78, 5) is 0. The molecule has 1 aliphatic rings. The van der Waals surface area contributed by atoms with Crippen molar-refractivity contribution in [2.24, 2.45) is 11.8 Å². The molecule has 1 saturated carbocycles. The van der Waals surface area contributed by atoms with Crippen LogP contribution in [0.4, 0.5) is 0 Å². The molecule has 12 heavy (non-hydrogen) atoms. The molecular weight excluding hydrogens is 152 g/mol. The Kier molecular flexibility index (Phi) is 1.89. The van der Waals surface area contributed by atoms with Crippen LogP contribution in [0.15, 0.2) is 12.4 Å². The Balaban J connectivity index is 1.89. The van der Waals surface area contributed by atoms with E-state index in [1.807, 2.05) is 0 Å². The molecule has 66 valence electrons. The van der Waals surface area contributed by atoms with Gasteiger partial charge in [-0.25, -0.2) is 0 Å². The summed E-state index contributed by atoms with van der Waals surface area (Å²) < 4.78 is 0. The molecule has 1 heterocycles. The molecule has 1 aromatic rings. The van der Waals surface area contributed by atoms with E-state index in [0.29, 0.717) is 0 Å². The van der Waals surface area contributed by atoms with E-state index in [2.05, 4.69) is 17.1 Å². The number of hydrogen-bond acceptors (Lipinski definition) is 2. The van der Waals surface area contributed by atoms with Gasteiger partial charge in [0.25, 0.3) is 0 Å². The summed E-state index contributed by atoms with van der Waals surface area (Å²) >= 11 is 0. The quantitative estimate of drug-likeness (QED) is 0.714. The first kappa shape index (κ1) is 7.80. The minimum absolute atomic E-state index is 0.321. The summed E-state index contributed by atoms with van der Waals surface area (Å²) in [6.45, 7) is 2.23. The van der Waals surface area contributed by atoms with Crippen molar-refractivity contribution < 1.29 is 5.11 Å². The zero-order valence-electron chi connectivity index (χ0n) is 7.20. The van der Waals surface area contributed by atoms with Crippen LogP contribution in [0.1, 0.15) is 31.4 Å². The monoisotopic (exact) mass is 166 g/mol. The number of rotatable bonds is 3. The highest BCUT2D eigenvalue weighted by Crippen LogP contribution is 2.43. The van der Waals surface area contributed by atoms with E-state index in [9.17, 15) is 5.11 Å². The van der Waals surface area contributed by atoms with E-state index in [0.717, 1.165) is 23.8 Å². The maximum Gasteiger partial charge on any atom is 0.0823 e. The Labute approximate surface area is 71.8 Å². The minimum atomic E-state index is -0.321. The number of aliphatic hydroxyl groups is 1. The van der Waals surface area contributed by atoms with Gasteiger partial charge in [-0.1, -0.05) is 6.92 Å². The zero-order valence-corrected chi connectivity index (χ0v) is 7.20. The maximum absolute atomic E-state index is 9.68. The van der Waals surface area contributed by atoms with Gasteiger partial charge in [0.05, 0.1) is 12.3 Å². The van der Waals surface area contributed by atoms with Gasteiger partial charge >= 0.3 is 0 Å². The molecule has 1 aliphatic carbocycles. The molecular formula is C9H14N2O. The fourth-order valence-electron chi connectivity index (χ4n) is 1.59. The van der Waals surface area contributed by atoms with E-state index in [1.54, 1.807) is 12.4 Å². The summed E-state index contributed by atoms with van der Waals surface area (Å²) in [6.07, 6.45) is 5.30. The van der Waals surface area contributed by atoms with Crippen LogP contribution in [-0.4, -0.2) is 15.3 Å². The second-order valence-corrected chi connectivity index (χ2v) is 3.76. The molecule has 3 unspecified atom stereocenters. The number of aromatic amines is 1. The van der Waals surface area contributed by atoms with Gasteiger partial charge in [0.2, 0.25) is 0 Å². The first-order valence-corrected chi connectivity index (χ1v) is 4.44. The molecule has 0 aliphatic heterocycles. The topological polar surface area (TPSA) is 48.9 Å². The predicted molar refractivity (Wildman–Crippen MR) is 45.4 cm³/mol. The Hall–Kier alpha value is -0.830. The first-order chi connectivity index (χ1) is 5.77. The van der Waals surface area contributed by atoms with Crippen molar-refractivity contribution >= 4 is 0 Å². The van der Waals surface area contributed by atoms with Crippen LogP contribution in [0.25, 0.3) is 0 Å². The lowest BCUT2D eigenvalue weighted by atomic mass is 10.1. The van der Waals surface area contributed by atoms with Gasteiger partial charge in [-0.3, -0.25) is 5.10 Å². The summed E-state index contributed by atoms with van der Waals surface area (Å²) in [5.41, 5.74) is 0.911. The Morgan fingerprint density at radius 3 is 3.08 bits per heavy atom. The van der Waals surface area contributed by atoms with Crippen molar-refractivity contribution in [3.8, 4) is 0 Å². The molecule has 0 saturated heterocycles. The summed E-state index contributed by atoms with van der Waals surface area (Å²) in [7, 11) is 0. The highest BCUT2D eigenvalue weighted by Gasteiger charge is 2.34. The average Bonchev–Trinajstić information content (AvgIpc) is 2.58. The molecule has 0 aromatic carbocycles. The zero-order chi connectivity index (χ0) is 8.55. The highest BCUT2D eigenvalue weighted by molar-refractivity contribution is 5.07. The number of hydrogen-bond donors (Lipinski definition) is 2. The second kappa shape index (κ2) is 2.90. The molecule has 1 aromatic heterocycles. The van der Waals surface area contributed by atoms with Gasteiger partial charge in [-0.2, -0.15) is 5.10 Å². The number of aromatic nitrogens is 2. The van der Waals surface area contributed by atoms with E-state index in [1.165, 1.54) is 6.42 Å². The van der Waals surface area contributed by atoms with Gasteiger partial charge in [-0.05, 0) is 24.7 Å². The van der Waals surface area contributed by atoms with Crippen LogP contribution in [0.5, 0.6) is 0 Å². The summed E-state index contributed by atoms with van der Waals surface area (Å²) in [5.74, 6) is 1.54. The molecule has 2 rings (SSSR count). The molecule has 0 radical (unpaired) electrons. The van der Waals surface area contributed by atoms with Crippen LogP contribution >= 0.6 is 0 Å². The molecule has 1 fully saturated rings. The smallest absolute Gasteiger partial charge is 0.0823 e. The molecule has 3 nitrogen and oxygen atoms in total. The Morgan fingerprint density at radius 1 is 1.83 bits per heavy atom. The summed E-state index contributed by atoms with van der Waals surface area (Å²) in [6, 6.07) is 0. The minimum Gasteiger partial charge on any atom is -0.388 e. The van der Waals surface area contributed by atoms with Crippen LogP contribution in [0, 0.1) is 11.8 Å². The maximum atomic E-state index is 9.68. The Morgan fingerprint density at radius 2 is 2.58 bits per heavy atom. The predicted octanol–water partition coefficient (Wildman–Crippen LogP) is 1.49. The van der Waals surface area contributed by atoms with E-state index in [4.69, 9.17) is 0 Å². The van der Waals surface area contributed by atoms with Gasteiger partial charge in [-0.15, -0.1) is 0 Å². The third-order valence-electron chi connectivity index (χ3n) is 2.71. The third kappa shape index (κ3) is 1.50. The lowest BCUT2D eigenvalue weighted by molar-refractivity contribution is 0.158. The van der Waals surface area contributed by atoms with Crippen molar-refractivity contribution in [3.63, 3.8) is 0 Å². The van der Waals surface area contributed by atoms with Crippen LogP contribution in [-0.2, 0) is 0 Å². The van der Waals surface area contributed by atoms with Crippen molar-refractivity contribution in [1.82, 2.24) is 10.2 Å². The highest BCUT2D eigenvalue weighted by atomic mass is 16.3. The van der Waals surface area contributed by atoms with Crippen molar-refractivity contribution in [2.45, 2.75) is 25.9 Å². The molecule has 0 bridgehead atoms. The van der Waals surface area contributed by atoms with Gasteiger partial charge in [0, 0.05) is 11.8 Å². The van der Waals surface area contributed by atoms with E-state index >= 15 is 0 Å². The lowest BCUT2D eigenvalue weighted by Gasteiger charge is -2.06. The van der Waals surface area contributed by atoms with E-state index < -0.39 is 0 Å². The average molecular weight is 166 g/mol. The molecule has 3 heteroatoms. The number of aliphatic hydroxyl groups excluding tert-OH is 1. The fourth-order valence-corrected chi connectivity index (χ4v) is 1.59. The lowest BCUT2D eigenvalue weighted by Crippen LogP contribution is -1.97. The largest absolute Gasteiger partial charge is 0.388 e. The molecule has 0 spiro atoms. The fraction of sp³-hybridized carbons (Fsp3) is 0.667.